The first-order valence-electron chi connectivity index (χ1n) is 5.73. The summed E-state index contributed by atoms with van der Waals surface area (Å²) < 4.78 is 0. The van der Waals surface area contributed by atoms with Gasteiger partial charge in [-0.15, -0.1) is 17.5 Å². The highest BCUT2D eigenvalue weighted by Gasteiger charge is 2.01. The van der Waals surface area contributed by atoms with Gasteiger partial charge in [-0.3, -0.25) is 4.90 Å². The van der Waals surface area contributed by atoms with E-state index in [-0.39, 0.29) is 0 Å². The highest BCUT2D eigenvalue weighted by Crippen LogP contribution is 2.04. The molecule has 1 nitrogen and oxygen atoms in total. The van der Waals surface area contributed by atoms with Crippen LogP contribution in [-0.4, -0.2) is 23.9 Å². The van der Waals surface area contributed by atoms with E-state index in [0.717, 1.165) is 19.6 Å². The third kappa shape index (κ3) is 6.16. The predicted octanol–water partition coefficient (Wildman–Crippen LogP) is 3.31. The van der Waals surface area contributed by atoms with Crippen LogP contribution < -0.4 is 0 Å². The lowest BCUT2D eigenvalue weighted by molar-refractivity contribution is 0.332. The molecule has 0 atom stereocenters. The van der Waals surface area contributed by atoms with Gasteiger partial charge in [0, 0.05) is 19.0 Å². The fraction of sp³-hybridized carbons (Fsp3) is 0.333. The second-order valence-corrected chi connectivity index (χ2v) is 4.02. The van der Waals surface area contributed by atoms with Gasteiger partial charge in [0.2, 0.25) is 0 Å². The molecule has 0 aliphatic rings. The number of hydrogen-bond donors (Lipinski definition) is 0. The first-order valence-corrected chi connectivity index (χ1v) is 6.27. The molecule has 0 saturated carbocycles. The number of allylic oxidation sites excluding steroid dienone is 1. The zero-order valence-corrected chi connectivity index (χ0v) is 11.0. The van der Waals surface area contributed by atoms with Crippen molar-refractivity contribution in [2.24, 2.45) is 0 Å². The van der Waals surface area contributed by atoms with E-state index < -0.39 is 0 Å². The third-order valence-corrected chi connectivity index (χ3v) is 2.53. The summed E-state index contributed by atoms with van der Waals surface area (Å²) in [4.78, 5) is 2.29. The van der Waals surface area contributed by atoms with Gasteiger partial charge in [0.1, 0.15) is 0 Å². The Kier molecular flexibility index (Phi) is 7.22. The van der Waals surface area contributed by atoms with E-state index in [1.807, 2.05) is 19.1 Å². The number of nitrogens with zero attached hydrogens (tertiary/aromatic N) is 1. The Bertz CT molecular complexity index is 386. The minimum absolute atomic E-state index is 0.568. The van der Waals surface area contributed by atoms with E-state index in [4.69, 9.17) is 11.6 Å². The van der Waals surface area contributed by atoms with Gasteiger partial charge < -0.3 is 0 Å². The zero-order chi connectivity index (χ0) is 12.3. The van der Waals surface area contributed by atoms with Gasteiger partial charge in [0.15, 0.2) is 0 Å². The van der Waals surface area contributed by atoms with E-state index in [1.54, 1.807) is 0 Å². The molecule has 0 unspecified atom stereocenters. The van der Waals surface area contributed by atoms with Crippen molar-refractivity contribution in [2.45, 2.75) is 13.5 Å². The van der Waals surface area contributed by atoms with Gasteiger partial charge in [-0.25, -0.2) is 0 Å². The molecule has 0 aliphatic heterocycles. The minimum atomic E-state index is 0.568. The largest absolute Gasteiger partial charge is 0.284 e. The van der Waals surface area contributed by atoms with Crippen LogP contribution in [0.1, 0.15) is 12.5 Å². The number of hydrogen-bond acceptors (Lipinski definition) is 1. The van der Waals surface area contributed by atoms with Crippen LogP contribution in [0.5, 0.6) is 0 Å². The van der Waals surface area contributed by atoms with Gasteiger partial charge in [-0.1, -0.05) is 48.4 Å². The Hall–Kier alpha value is -1.23. The summed E-state index contributed by atoms with van der Waals surface area (Å²) in [5.41, 5.74) is 1.31. The van der Waals surface area contributed by atoms with Crippen LogP contribution >= 0.6 is 11.6 Å². The molecule has 17 heavy (non-hydrogen) atoms. The highest BCUT2D eigenvalue weighted by molar-refractivity contribution is 6.18. The molecule has 0 fully saturated rings. The summed E-state index contributed by atoms with van der Waals surface area (Å²) in [6.45, 7) is 4.46. The highest BCUT2D eigenvalue weighted by atomic mass is 35.5. The average molecular weight is 248 g/mol. The second-order valence-electron chi connectivity index (χ2n) is 3.71. The predicted molar refractivity (Wildman–Crippen MR) is 75.0 cm³/mol. The Morgan fingerprint density at radius 3 is 2.65 bits per heavy atom. The molecule has 0 N–H and O–H groups in total. The SMILES string of the molecule is CC#CCN(C/C=C/CCl)Cc1ccccc1. The Balaban J connectivity index is 2.55. The quantitative estimate of drug-likeness (QED) is 0.424. The minimum Gasteiger partial charge on any atom is -0.284 e. The molecule has 0 radical (unpaired) electrons. The maximum Gasteiger partial charge on any atom is 0.0607 e. The fourth-order valence-corrected chi connectivity index (χ4v) is 1.63. The van der Waals surface area contributed by atoms with Crippen molar-refractivity contribution in [3.63, 3.8) is 0 Å². The van der Waals surface area contributed by atoms with Crippen LogP contribution in [0.2, 0.25) is 0 Å². The van der Waals surface area contributed by atoms with Gasteiger partial charge in [0.05, 0.1) is 6.54 Å². The molecule has 1 rings (SSSR count). The van der Waals surface area contributed by atoms with Gasteiger partial charge >= 0.3 is 0 Å². The van der Waals surface area contributed by atoms with Crippen LogP contribution in [0.25, 0.3) is 0 Å². The van der Waals surface area contributed by atoms with E-state index in [0.29, 0.717) is 5.88 Å². The Morgan fingerprint density at radius 2 is 2.00 bits per heavy atom. The molecule has 0 heterocycles. The van der Waals surface area contributed by atoms with Crippen LogP contribution in [0, 0.1) is 11.8 Å². The fourth-order valence-electron chi connectivity index (χ4n) is 1.50. The monoisotopic (exact) mass is 247 g/mol. The third-order valence-electron chi connectivity index (χ3n) is 2.35. The molecule has 0 aliphatic carbocycles. The van der Waals surface area contributed by atoms with Gasteiger partial charge in [0.25, 0.3) is 0 Å². The molecule has 0 saturated heterocycles. The van der Waals surface area contributed by atoms with E-state index in [1.165, 1.54) is 5.56 Å². The second kappa shape index (κ2) is 8.87. The molecule has 1 aromatic carbocycles. The lowest BCUT2D eigenvalue weighted by atomic mass is 10.2. The average Bonchev–Trinajstić information content (AvgIpc) is 2.37. The molecular weight excluding hydrogens is 230 g/mol. The van der Waals surface area contributed by atoms with Gasteiger partial charge in [-0.2, -0.15) is 0 Å². The summed E-state index contributed by atoms with van der Waals surface area (Å²) >= 11 is 5.62. The van der Waals surface area contributed by atoms with Crippen molar-refractivity contribution < 1.29 is 0 Å². The molecule has 0 amide bonds. The van der Waals surface area contributed by atoms with Crippen LogP contribution in [0.3, 0.4) is 0 Å². The Labute approximate surface area is 109 Å². The van der Waals surface area contributed by atoms with Gasteiger partial charge in [-0.05, 0) is 12.5 Å². The first-order chi connectivity index (χ1) is 8.36. The standard InChI is InChI=1S/C15H18ClN/c1-2-3-12-17(13-8-7-11-16)14-15-9-5-4-6-10-15/h4-10H,11-14H2,1H3/b8-7+. The van der Waals surface area contributed by atoms with Crippen molar-refractivity contribution in [1.29, 1.82) is 0 Å². The van der Waals surface area contributed by atoms with E-state index in [2.05, 4.69) is 47.1 Å². The summed E-state index contributed by atoms with van der Waals surface area (Å²) in [7, 11) is 0. The van der Waals surface area contributed by atoms with Crippen molar-refractivity contribution >= 4 is 11.6 Å². The zero-order valence-electron chi connectivity index (χ0n) is 10.2. The lowest BCUT2D eigenvalue weighted by Gasteiger charge is -2.17. The van der Waals surface area contributed by atoms with Crippen molar-refractivity contribution in [3.05, 3.63) is 48.0 Å². The summed E-state index contributed by atoms with van der Waals surface area (Å²) in [6.07, 6.45) is 4.06. The number of halogens is 1. The van der Waals surface area contributed by atoms with Crippen molar-refractivity contribution in [3.8, 4) is 11.8 Å². The number of alkyl halides is 1. The Morgan fingerprint density at radius 1 is 1.24 bits per heavy atom. The topological polar surface area (TPSA) is 3.24 Å². The maximum atomic E-state index is 5.62. The molecule has 0 aromatic heterocycles. The van der Waals surface area contributed by atoms with E-state index in [9.17, 15) is 0 Å². The maximum absolute atomic E-state index is 5.62. The molecule has 1 aromatic rings. The first kappa shape index (κ1) is 13.8. The number of benzene rings is 1. The van der Waals surface area contributed by atoms with Crippen LogP contribution in [0.4, 0.5) is 0 Å². The molecule has 90 valence electrons. The molecule has 0 spiro atoms. The molecule has 2 heteroatoms. The molecule has 0 bridgehead atoms. The van der Waals surface area contributed by atoms with E-state index >= 15 is 0 Å². The lowest BCUT2D eigenvalue weighted by Crippen LogP contribution is -2.23. The normalized spacial score (nSPS) is 10.5. The van der Waals surface area contributed by atoms with Crippen molar-refractivity contribution in [1.82, 2.24) is 4.90 Å². The number of rotatable bonds is 6. The van der Waals surface area contributed by atoms with Crippen LogP contribution in [0.15, 0.2) is 42.5 Å². The van der Waals surface area contributed by atoms with Crippen molar-refractivity contribution in [2.75, 3.05) is 19.0 Å². The summed E-state index contributed by atoms with van der Waals surface area (Å²) in [5, 5.41) is 0. The summed E-state index contributed by atoms with van der Waals surface area (Å²) in [6, 6.07) is 10.4. The smallest absolute Gasteiger partial charge is 0.0607 e. The van der Waals surface area contributed by atoms with Crippen LogP contribution in [-0.2, 0) is 6.54 Å². The molecular formula is C15H18ClN. The summed E-state index contributed by atoms with van der Waals surface area (Å²) in [5.74, 6) is 6.61.